The van der Waals surface area contributed by atoms with Crippen molar-refractivity contribution in [1.82, 2.24) is 0 Å². The average molecular weight is 251 g/mol. The number of nitrogens with one attached hydrogen (secondary N) is 1. The van der Waals surface area contributed by atoms with Gasteiger partial charge in [-0.3, -0.25) is 0 Å². The van der Waals surface area contributed by atoms with E-state index >= 15 is 0 Å². The summed E-state index contributed by atoms with van der Waals surface area (Å²) >= 11 is 0. The summed E-state index contributed by atoms with van der Waals surface area (Å²) in [6, 6.07) is 16.1. The summed E-state index contributed by atoms with van der Waals surface area (Å²) in [7, 11) is 4.01. The third-order valence-corrected chi connectivity index (χ3v) is 2.94. The van der Waals surface area contributed by atoms with Crippen molar-refractivity contribution in [2.75, 3.05) is 24.3 Å². The van der Waals surface area contributed by atoms with Gasteiger partial charge in [0.15, 0.2) is 0 Å². The van der Waals surface area contributed by atoms with E-state index in [-0.39, 0.29) is 0 Å². The SMILES string of the molecule is Cc1ccc(C#N)c(Nc2cccc(N(C)C)c2)c1. The zero-order valence-electron chi connectivity index (χ0n) is 11.4. The highest BCUT2D eigenvalue weighted by molar-refractivity contribution is 5.69. The molecule has 0 aromatic heterocycles. The van der Waals surface area contributed by atoms with Crippen molar-refractivity contribution in [3.8, 4) is 6.07 Å². The van der Waals surface area contributed by atoms with E-state index in [0.717, 1.165) is 22.6 Å². The predicted molar refractivity (Wildman–Crippen MR) is 79.9 cm³/mol. The molecule has 96 valence electrons. The maximum absolute atomic E-state index is 9.13. The van der Waals surface area contributed by atoms with Gasteiger partial charge in [-0.05, 0) is 42.8 Å². The predicted octanol–water partition coefficient (Wildman–Crippen LogP) is 3.68. The Kier molecular flexibility index (Phi) is 3.72. The second-order valence-corrected chi connectivity index (χ2v) is 4.73. The first kappa shape index (κ1) is 13.0. The van der Waals surface area contributed by atoms with Gasteiger partial charge < -0.3 is 10.2 Å². The molecule has 0 fully saturated rings. The highest BCUT2D eigenvalue weighted by Gasteiger charge is 2.03. The second kappa shape index (κ2) is 5.45. The Balaban J connectivity index is 2.33. The van der Waals surface area contributed by atoms with Crippen LogP contribution in [0, 0.1) is 18.3 Å². The Morgan fingerprint density at radius 1 is 1.11 bits per heavy atom. The number of aryl methyl sites for hydroxylation is 1. The first-order valence-corrected chi connectivity index (χ1v) is 6.15. The molecule has 19 heavy (non-hydrogen) atoms. The molecule has 0 saturated heterocycles. The van der Waals surface area contributed by atoms with Crippen LogP contribution in [0.15, 0.2) is 42.5 Å². The van der Waals surface area contributed by atoms with Crippen LogP contribution in [-0.4, -0.2) is 14.1 Å². The molecule has 0 heterocycles. The van der Waals surface area contributed by atoms with Crippen LogP contribution in [0.5, 0.6) is 0 Å². The summed E-state index contributed by atoms with van der Waals surface area (Å²) in [5, 5.41) is 12.4. The molecule has 0 aliphatic heterocycles. The molecule has 2 aromatic carbocycles. The minimum absolute atomic E-state index is 0.654. The lowest BCUT2D eigenvalue weighted by molar-refractivity contribution is 1.13. The van der Waals surface area contributed by atoms with E-state index in [4.69, 9.17) is 5.26 Å². The van der Waals surface area contributed by atoms with Crippen LogP contribution in [0.2, 0.25) is 0 Å². The van der Waals surface area contributed by atoms with Gasteiger partial charge in [-0.15, -0.1) is 0 Å². The molecule has 0 amide bonds. The molecule has 0 aliphatic rings. The molecule has 0 unspecified atom stereocenters. The zero-order chi connectivity index (χ0) is 13.8. The lowest BCUT2D eigenvalue weighted by Crippen LogP contribution is -2.08. The van der Waals surface area contributed by atoms with Crippen molar-refractivity contribution in [1.29, 1.82) is 5.26 Å². The topological polar surface area (TPSA) is 39.1 Å². The van der Waals surface area contributed by atoms with Gasteiger partial charge in [-0.25, -0.2) is 0 Å². The van der Waals surface area contributed by atoms with Crippen molar-refractivity contribution < 1.29 is 0 Å². The third-order valence-electron chi connectivity index (χ3n) is 2.94. The fourth-order valence-corrected chi connectivity index (χ4v) is 1.88. The monoisotopic (exact) mass is 251 g/mol. The maximum atomic E-state index is 9.13. The summed E-state index contributed by atoms with van der Waals surface area (Å²) in [6.07, 6.45) is 0. The molecular formula is C16H17N3. The van der Waals surface area contributed by atoms with E-state index in [1.165, 1.54) is 0 Å². The molecule has 0 bridgehead atoms. The van der Waals surface area contributed by atoms with E-state index in [0.29, 0.717) is 5.56 Å². The summed E-state index contributed by atoms with van der Waals surface area (Å²) in [5.74, 6) is 0. The molecule has 2 rings (SSSR count). The van der Waals surface area contributed by atoms with Crippen LogP contribution in [0.3, 0.4) is 0 Å². The number of anilines is 3. The fraction of sp³-hybridized carbons (Fsp3) is 0.188. The van der Waals surface area contributed by atoms with Crippen LogP contribution < -0.4 is 10.2 Å². The largest absolute Gasteiger partial charge is 0.378 e. The van der Waals surface area contributed by atoms with Crippen molar-refractivity contribution in [3.63, 3.8) is 0 Å². The Morgan fingerprint density at radius 3 is 2.58 bits per heavy atom. The van der Waals surface area contributed by atoms with Crippen LogP contribution in [0.25, 0.3) is 0 Å². The van der Waals surface area contributed by atoms with Gasteiger partial charge in [-0.2, -0.15) is 5.26 Å². The van der Waals surface area contributed by atoms with Gasteiger partial charge in [0.2, 0.25) is 0 Å². The summed E-state index contributed by atoms with van der Waals surface area (Å²) in [6.45, 7) is 2.02. The molecule has 0 saturated carbocycles. The standard InChI is InChI=1S/C16H17N3/c1-12-7-8-13(11-17)16(9-12)18-14-5-4-6-15(10-14)19(2)3/h4-10,18H,1-3H3. The Labute approximate surface area is 114 Å². The fourth-order valence-electron chi connectivity index (χ4n) is 1.88. The minimum atomic E-state index is 0.654. The lowest BCUT2D eigenvalue weighted by Gasteiger charge is -2.15. The summed E-state index contributed by atoms with van der Waals surface area (Å²) in [4.78, 5) is 2.05. The lowest BCUT2D eigenvalue weighted by atomic mass is 10.1. The molecule has 3 nitrogen and oxygen atoms in total. The quantitative estimate of drug-likeness (QED) is 0.904. The van der Waals surface area contributed by atoms with Crippen molar-refractivity contribution in [2.45, 2.75) is 6.92 Å². The van der Waals surface area contributed by atoms with E-state index < -0.39 is 0 Å². The maximum Gasteiger partial charge on any atom is 0.101 e. The van der Waals surface area contributed by atoms with Gasteiger partial charge in [-0.1, -0.05) is 12.1 Å². The summed E-state index contributed by atoms with van der Waals surface area (Å²) < 4.78 is 0. The van der Waals surface area contributed by atoms with Crippen LogP contribution in [0.4, 0.5) is 17.1 Å². The minimum Gasteiger partial charge on any atom is -0.378 e. The highest BCUT2D eigenvalue weighted by Crippen LogP contribution is 2.24. The van der Waals surface area contributed by atoms with Crippen LogP contribution in [0.1, 0.15) is 11.1 Å². The first-order valence-electron chi connectivity index (χ1n) is 6.15. The van der Waals surface area contributed by atoms with Crippen molar-refractivity contribution in [3.05, 3.63) is 53.6 Å². The number of hydrogen-bond donors (Lipinski definition) is 1. The highest BCUT2D eigenvalue weighted by atomic mass is 15.1. The average Bonchev–Trinajstić information content (AvgIpc) is 2.39. The molecule has 2 aromatic rings. The van der Waals surface area contributed by atoms with Crippen LogP contribution in [-0.2, 0) is 0 Å². The van der Waals surface area contributed by atoms with Crippen molar-refractivity contribution in [2.24, 2.45) is 0 Å². The third kappa shape index (κ3) is 3.05. The first-order chi connectivity index (χ1) is 9.10. The number of nitrogens with zero attached hydrogens (tertiary/aromatic N) is 2. The number of rotatable bonds is 3. The number of nitriles is 1. The van der Waals surface area contributed by atoms with E-state index in [9.17, 15) is 0 Å². The molecule has 0 radical (unpaired) electrons. The van der Waals surface area contributed by atoms with Gasteiger partial charge in [0.25, 0.3) is 0 Å². The molecule has 0 spiro atoms. The smallest absolute Gasteiger partial charge is 0.101 e. The second-order valence-electron chi connectivity index (χ2n) is 4.73. The zero-order valence-corrected chi connectivity index (χ0v) is 11.4. The summed E-state index contributed by atoms with van der Waals surface area (Å²) in [5.41, 5.74) is 4.73. The molecule has 1 N–H and O–H groups in total. The van der Waals surface area contributed by atoms with Crippen LogP contribution >= 0.6 is 0 Å². The van der Waals surface area contributed by atoms with E-state index in [1.54, 1.807) is 0 Å². The van der Waals surface area contributed by atoms with E-state index in [1.807, 2.05) is 62.3 Å². The van der Waals surface area contributed by atoms with Gasteiger partial charge in [0, 0.05) is 25.5 Å². The van der Waals surface area contributed by atoms with Gasteiger partial charge in [0.05, 0.1) is 11.3 Å². The number of hydrogen-bond acceptors (Lipinski definition) is 3. The van der Waals surface area contributed by atoms with Gasteiger partial charge >= 0.3 is 0 Å². The molecule has 3 heteroatoms. The number of benzene rings is 2. The van der Waals surface area contributed by atoms with Crippen molar-refractivity contribution >= 4 is 17.1 Å². The Bertz CT molecular complexity index is 624. The Morgan fingerprint density at radius 2 is 1.89 bits per heavy atom. The molecule has 0 atom stereocenters. The van der Waals surface area contributed by atoms with E-state index in [2.05, 4.69) is 17.5 Å². The molecular weight excluding hydrogens is 234 g/mol. The molecule has 0 aliphatic carbocycles. The van der Waals surface area contributed by atoms with Gasteiger partial charge in [0.1, 0.15) is 6.07 Å². The Hall–Kier alpha value is -2.47. The normalized spacial score (nSPS) is 9.79.